The summed E-state index contributed by atoms with van der Waals surface area (Å²) in [5.41, 5.74) is 5.19. The third kappa shape index (κ3) is 6.10. The van der Waals surface area contributed by atoms with E-state index in [1.165, 1.54) is 0 Å². The van der Waals surface area contributed by atoms with E-state index < -0.39 is 11.9 Å². The Labute approximate surface area is 91.6 Å². The van der Waals surface area contributed by atoms with E-state index in [4.69, 9.17) is 5.73 Å². The van der Waals surface area contributed by atoms with E-state index in [9.17, 15) is 9.59 Å². The van der Waals surface area contributed by atoms with Crippen molar-refractivity contribution in [1.29, 1.82) is 0 Å². The fourth-order valence-corrected chi connectivity index (χ4v) is 1.35. The molecule has 0 fully saturated rings. The van der Waals surface area contributed by atoms with Crippen LogP contribution in [-0.2, 0) is 9.59 Å². The molecule has 0 rings (SSSR count). The first-order chi connectivity index (χ1) is 6.99. The topological polar surface area (TPSA) is 72.2 Å². The van der Waals surface area contributed by atoms with Crippen LogP contribution in [0.2, 0.25) is 0 Å². The zero-order valence-electron chi connectivity index (χ0n) is 9.88. The molecule has 0 saturated heterocycles. The molecule has 0 aromatic heterocycles. The maximum atomic E-state index is 11.4. The molecule has 0 aromatic carbocycles. The maximum absolute atomic E-state index is 11.4. The average molecular weight is 214 g/mol. The predicted molar refractivity (Wildman–Crippen MR) is 60.1 cm³/mol. The molecule has 88 valence electrons. The van der Waals surface area contributed by atoms with Crippen molar-refractivity contribution in [2.24, 2.45) is 11.7 Å². The van der Waals surface area contributed by atoms with E-state index >= 15 is 0 Å². The second kappa shape index (κ2) is 7.26. The second-order valence-electron chi connectivity index (χ2n) is 4.15. The molecule has 1 atom stereocenters. The zero-order chi connectivity index (χ0) is 11.8. The van der Waals surface area contributed by atoms with Gasteiger partial charge in [0.15, 0.2) is 0 Å². The van der Waals surface area contributed by atoms with Crippen LogP contribution in [0.15, 0.2) is 0 Å². The minimum absolute atomic E-state index is 0.0395. The standard InChI is InChI=1S/C11H22N2O2/c1-4-5-6-7-9(14)13-10(8(2)3)11(12)15/h8,10H,4-7H2,1-3H3,(H2,12,15)(H,13,14)/t10-/m0/s1. The van der Waals surface area contributed by atoms with Gasteiger partial charge < -0.3 is 11.1 Å². The molecule has 0 unspecified atom stereocenters. The quantitative estimate of drug-likeness (QED) is 0.625. The van der Waals surface area contributed by atoms with Crippen molar-refractivity contribution < 1.29 is 9.59 Å². The summed E-state index contributed by atoms with van der Waals surface area (Å²) in [4.78, 5) is 22.4. The first kappa shape index (κ1) is 13.9. The van der Waals surface area contributed by atoms with E-state index in [1.807, 2.05) is 13.8 Å². The van der Waals surface area contributed by atoms with Crippen LogP contribution in [0.25, 0.3) is 0 Å². The Bertz CT molecular complexity index is 215. The fourth-order valence-electron chi connectivity index (χ4n) is 1.35. The maximum Gasteiger partial charge on any atom is 0.240 e. The van der Waals surface area contributed by atoms with Gasteiger partial charge in [0.2, 0.25) is 11.8 Å². The number of carbonyl (C=O) groups excluding carboxylic acids is 2. The number of hydrogen-bond acceptors (Lipinski definition) is 2. The van der Waals surface area contributed by atoms with Crippen molar-refractivity contribution in [2.75, 3.05) is 0 Å². The van der Waals surface area contributed by atoms with Gasteiger partial charge in [0, 0.05) is 6.42 Å². The lowest BCUT2D eigenvalue weighted by Gasteiger charge is -2.18. The van der Waals surface area contributed by atoms with E-state index in [0.29, 0.717) is 6.42 Å². The van der Waals surface area contributed by atoms with Gasteiger partial charge in [-0.1, -0.05) is 33.6 Å². The van der Waals surface area contributed by atoms with E-state index in [1.54, 1.807) is 0 Å². The molecule has 0 aliphatic heterocycles. The molecule has 3 N–H and O–H groups in total. The summed E-state index contributed by atoms with van der Waals surface area (Å²) in [5.74, 6) is -0.507. The number of nitrogens with one attached hydrogen (secondary N) is 1. The summed E-state index contributed by atoms with van der Waals surface area (Å²) in [6.07, 6.45) is 3.46. The molecule has 0 saturated carbocycles. The normalized spacial score (nSPS) is 12.5. The minimum atomic E-state index is -0.542. The number of unbranched alkanes of at least 4 members (excludes halogenated alkanes) is 2. The third-order valence-corrected chi connectivity index (χ3v) is 2.30. The van der Waals surface area contributed by atoms with Crippen LogP contribution in [0.1, 0.15) is 46.5 Å². The molecule has 2 amide bonds. The van der Waals surface area contributed by atoms with Crippen LogP contribution in [0, 0.1) is 5.92 Å². The van der Waals surface area contributed by atoms with Crippen LogP contribution in [0.4, 0.5) is 0 Å². The van der Waals surface area contributed by atoms with Crippen molar-refractivity contribution in [2.45, 2.75) is 52.5 Å². The molecule has 15 heavy (non-hydrogen) atoms. The van der Waals surface area contributed by atoms with Crippen LogP contribution in [0.3, 0.4) is 0 Å². The van der Waals surface area contributed by atoms with Crippen LogP contribution in [0.5, 0.6) is 0 Å². The summed E-state index contributed by atoms with van der Waals surface area (Å²) < 4.78 is 0. The van der Waals surface area contributed by atoms with Crippen LogP contribution < -0.4 is 11.1 Å². The highest BCUT2D eigenvalue weighted by Crippen LogP contribution is 2.03. The molecule has 0 bridgehead atoms. The number of carbonyl (C=O) groups is 2. The van der Waals surface area contributed by atoms with Crippen molar-refractivity contribution in [3.8, 4) is 0 Å². The molecule has 4 nitrogen and oxygen atoms in total. The summed E-state index contributed by atoms with van der Waals surface area (Å²) in [7, 11) is 0. The minimum Gasteiger partial charge on any atom is -0.368 e. The van der Waals surface area contributed by atoms with E-state index in [2.05, 4.69) is 12.2 Å². The SMILES string of the molecule is CCCCCC(=O)N[C@H](C(N)=O)C(C)C. The number of hydrogen-bond donors (Lipinski definition) is 2. The number of rotatable bonds is 7. The lowest BCUT2D eigenvalue weighted by molar-refractivity contribution is -0.128. The molecule has 0 aliphatic rings. The Morgan fingerprint density at radius 1 is 1.27 bits per heavy atom. The van der Waals surface area contributed by atoms with Gasteiger partial charge in [0.05, 0.1) is 0 Å². The lowest BCUT2D eigenvalue weighted by Crippen LogP contribution is -2.47. The van der Waals surface area contributed by atoms with Crippen LogP contribution in [-0.4, -0.2) is 17.9 Å². The van der Waals surface area contributed by atoms with Crippen LogP contribution >= 0.6 is 0 Å². The molecule has 0 spiro atoms. The average Bonchev–Trinajstić information content (AvgIpc) is 2.13. The Kier molecular flexibility index (Phi) is 6.75. The molecule has 0 aromatic rings. The summed E-state index contributed by atoms with van der Waals surface area (Å²) >= 11 is 0. The molecule has 0 radical (unpaired) electrons. The zero-order valence-corrected chi connectivity index (χ0v) is 9.88. The van der Waals surface area contributed by atoms with Gasteiger partial charge in [0.1, 0.15) is 6.04 Å². The van der Waals surface area contributed by atoms with E-state index in [-0.39, 0.29) is 11.8 Å². The molecular formula is C11H22N2O2. The van der Waals surface area contributed by atoms with Gasteiger partial charge in [-0.05, 0) is 12.3 Å². The fraction of sp³-hybridized carbons (Fsp3) is 0.818. The summed E-state index contributed by atoms with van der Waals surface area (Å²) in [6, 6.07) is -0.542. The van der Waals surface area contributed by atoms with Gasteiger partial charge in [-0.25, -0.2) is 0 Å². The van der Waals surface area contributed by atoms with Crippen molar-refractivity contribution in [3.63, 3.8) is 0 Å². The van der Waals surface area contributed by atoms with Gasteiger partial charge in [0.25, 0.3) is 0 Å². The predicted octanol–water partition coefficient (Wildman–Crippen LogP) is 1.19. The van der Waals surface area contributed by atoms with Crippen molar-refractivity contribution in [1.82, 2.24) is 5.32 Å². The van der Waals surface area contributed by atoms with E-state index in [0.717, 1.165) is 19.3 Å². The highest BCUT2D eigenvalue weighted by molar-refractivity contribution is 5.86. The Balaban J connectivity index is 3.95. The van der Waals surface area contributed by atoms with Gasteiger partial charge in [-0.15, -0.1) is 0 Å². The first-order valence-electron chi connectivity index (χ1n) is 5.57. The van der Waals surface area contributed by atoms with Gasteiger partial charge >= 0.3 is 0 Å². The highest BCUT2D eigenvalue weighted by atomic mass is 16.2. The highest BCUT2D eigenvalue weighted by Gasteiger charge is 2.20. The largest absolute Gasteiger partial charge is 0.368 e. The monoisotopic (exact) mass is 214 g/mol. The number of amides is 2. The molecule has 4 heteroatoms. The van der Waals surface area contributed by atoms with Crippen molar-refractivity contribution >= 4 is 11.8 Å². The number of primary amides is 1. The second-order valence-corrected chi connectivity index (χ2v) is 4.15. The summed E-state index contributed by atoms with van der Waals surface area (Å²) in [6.45, 7) is 5.81. The molecular weight excluding hydrogens is 192 g/mol. The third-order valence-electron chi connectivity index (χ3n) is 2.30. The van der Waals surface area contributed by atoms with Gasteiger partial charge in [-0.2, -0.15) is 0 Å². The summed E-state index contributed by atoms with van der Waals surface area (Å²) in [5, 5.41) is 2.66. The Morgan fingerprint density at radius 2 is 1.87 bits per heavy atom. The van der Waals surface area contributed by atoms with Gasteiger partial charge in [-0.3, -0.25) is 9.59 Å². The molecule has 0 aliphatic carbocycles. The lowest BCUT2D eigenvalue weighted by atomic mass is 10.0. The number of nitrogens with two attached hydrogens (primary N) is 1. The smallest absolute Gasteiger partial charge is 0.240 e. The Hall–Kier alpha value is -1.06. The first-order valence-corrected chi connectivity index (χ1v) is 5.57. The van der Waals surface area contributed by atoms with Crippen molar-refractivity contribution in [3.05, 3.63) is 0 Å². The Morgan fingerprint density at radius 3 is 2.27 bits per heavy atom. The molecule has 0 heterocycles.